The predicted molar refractivity (Wildman–Crippen MR) is 118 cm³/mol. The highest BCUT2D eigenvalue weighted by Gasteiger charge is 2.32. The van der Waals surface area contributed by atoms with E-state index in [9.17, 15) is 14.7 Å². The number of carboxylic acid groups (broad SMARTS) is 1. The van der Waals surface area contributed by atoms with Gasteiger partial charge in [-0.25, -0.2) is 4.79 Å². The lowest BCUT2D eigenvalue weighted by atomic mass is 9.71. The van der Waals surface area contributed by atoms with Crippen molar-refractivity contribution < 1.29 is 24.5 Å². The second-order valence-electron chi connectivity index (χ2n) is 8.80. The van der Waals surface area contributed by atoms with E-state index in [1.54, 1.807) is 24.3 Å². The number of carbonyl (C=O) groups is 2. The molecule has 2 aromatic rings. The van der Waals surface area contributed by atoms with Gasteiger partial charge in [-0.15, -0.1) is 0 Å². The number of aliphatic carboxylic acids is 1. The van der Waals surface area contributed by atoms with Crippen LogP contribution < -0.4 is 10.1 Å². The molecule has 0 radical (unpaired) electrons. The van der Waals surface area contributed by atoms with Gasteiger partial charge in [0.1, 0.15) is 5.75 Å². The third-order valence-electron chi connectivity index (χ3n) is 6.02. The Bertz CT molecular complexity index is 884. The molecule has 0 unspecified atom stereocenters. The molecule has 6 heteroatoms. The third kappa shape index (κ3) is 6.82. The fourth-order valence-corrected chi connectivity index (χ4v) is 4.40. The minimum atomic E-state index is -1.06. The number of aliphatic hydroxyl groups is 1. The topological polar surface area (TPSA) is 95.9 Å². The zero-order chi connectivity index (χ0) is 22.3. The van der Waals surface area contributed by atoms with Crippen LogP contribution in [0.25, 0.3) is 0 Å². The van der Waals surface area contributed by atoms with Gasteiger partial charge in [-0.3, -0.25) is 4.79 Å². The molecule has 0 spiro atoms. The second-order valence-corrected chi connectivity index (χ2v) is 8.80. The van der Waals surface area contributed by atoms with Crippen molar-refractivity contribution in [1.82, 2.24) is 5.32 Å². The lowest BCUT2D eigenvalue weighted by molar-refractivity contribution is -0.139. The van der Waals surface area contributed by atoms with Crippen molar-refractivity contribution in [2.45, 2.75) is 51.0 Å². The van der Waals surface area contributed by atoms with Crippen molar-refractivity contribution in [3.05, 3.63) is 65.7 Å². The molecule has 0 heterocycles. The van der Waals surface area contributed by atoms with E-state index < -0.39 is 12.6 Å². The van der Waals surface area contributed by atoms with Crippen LogP contribution in [0.2, 0.25) is 0 Å². The van der Waals surface area contributed by atoms with Gasteiger partial charge >= 0.3 is 5.97 Å². The van der Waals surface area contributed by atoms with E-state index in [0.717, 1.165) is 32.1 Å². The molecule has 3 atom stereocenters. The predicted octanol–water partition coefficient (Wildman–Crippen LogP) is 3.99. The van der Waals surface area contributed by atoms with Gasteiger partial charge in [0, 0.05) is 12.1 Å². The summed E-state index contributed by atoms with van der Waals surface area (Å²) in [7, 11) is 0. The fourth-order valence-electron chi connectivity index (χ4n) is 4.40. The zero-order valence-corrected chi connectivity index (χ0v) is 17.9. The average Bonchev–Trinajstić information content (AvgIpc) is 2.75. The molecule has 2 aromatic carbocycles. The van der Waals surface area contributed by atoms with Crippen molar-refractivity contribution in [2.75, 3.05) is 13.2 Å². The number of ether oxygens (including phenoxy) is 1. The Balaban J connectivity index is 1.66. The summed E-state index contributed by atoms with van der Waals surface area (Å²) >= 11 is 0. The first-order valence-corrected chi connectivity index (χ1v) is 10.8. The Morgan fingerprint density at radius 2 is 1.94 bits per heavy atom. The van der Waals surface area contributed by atoms with E-state index in [1.165, 1.54) is 5.56 Å². The fraction of sp³-hybridized carbons (Fsp3) is 0.440. The van der Waals surface area contributed by atoms with Crippen molar-refractivity contribution in [2.24, 2.45) is 5.41 Å². The van der Waals surface area contributed by atoms with Gasteiger partial charge in [-0.05, 0) is 60.8 Å². The number of hydrogen-bond donors (Lipinski definition) is 3. The van der Waals surface area contributed by atoms with E-state index in [0.29, 0.717) is 17.9 Å². The number of aliphatic hydroxyl groups excluding tert-OH is 1. The van der Waals surface area contributed by atoms with Crippen LogP contribution in [0.15, 0.2) is 54.6 Å². The number of amides is 1. The summed E-state index contributed by atoms with van der Waals surface area (Å²) in [5, 5.41) is 22.2. The maximum Gasteiger partial charge on any atom is 0.341 e. The van der Waals surface area contributed by atoms with E-state index in [2.05, 4.69) is 24.4 Å². The van der Waals surface area contributed by atoms with Gasteiger partial charge in [0.05, 0.1) is 6.10 Å². The van der Waals surface area contributed by atoms with Crippen LogP contribution in [-0.4, -0.2) is 41.3 Å². The number of hydrogen-bond acceptors (Lipinski definition) is 4. The summed E-state index contributed by atoms with van der Waals surface area (Å²) in [6.45, 7) is 2.29. The average molecular weight is 426 g/mol. The molecule has 0 saturated heterocycles. The van der Waals surface area contributed by atoms with Crippen LogP contribution in [0, 0.1) is 5.41 Å². The normalized spacial score (nSPS) is 23.9. The molecule has 0 aliphatic heterocycles. The Labute approximate surface area is 183 Å². The molecule has 1 fully saturated rings. The molecule has 3 N–H and O–H groups in total. The molecule has 1 saturated carbocycles. The number of nitrogens with one attached hydrogen (secondary N) is 1. The molecule has 0 bridgehead atoms. The molecule has 3 rings (SSSR count). The Kier molecular flexibility index (Phi) is 7.69. The Morgan fingerprint density at radius 3 is 2.68 bits per heavy atom. The molecule has 1 amide bonds. The van der Waals surface area contributed by atoms with E-state index in [1.807, 2.05) is 18.2 Å². The van der Waals surface area contributed by atoms with Crippen molar-refractivity contribution in [1.29, 1.82) is 0 Å². The molecule has 166 valence electrons. The first-order valence-electron chi connectivity index (χ1n) is 10.8. The minimum Gasteiger partial charge on any atom is -0.482 e. The van der Waals surface area contributed by atoms with Gasteiger partial charge in [0.2, 0.25) is 0 Å². The molecule has 6 nitrogen and oxygen atoms in total. The Morgan fingerprint density at radius 1 is 1.16 bits per heavy atom. The summed E-state index contributed by atoms with van der Waals surface area (Å²) in [5.74, 6) is -0.679. The summed E-state index contributed by atoms with van der Waals surface area (Å²) in [4.78, 5) is 23.4. The van der Waals surface area contributed by atoms with E-state index >= 15 is 0 Å². The summed E-state index contributed by atoms with van der Waals surface area (Å²) < 4.78 is 5.17. The van der Waals surface area contributed by atoms with Gasteiger partial charge in [0.15, 0.2) is 6.61 Å². The summed E-state index contributed by atoms with van der Waals surface area (Å²) in [6, 6.07) is 16.8. The zero-order valence-electron chi connectivity index (χ0n) is 17.9. The van der Waals surface area contributed by atoms with Crippen LogP contribution in [0.3, 0.4) is 0 Å². The summed E-state index contributed by atoms with van der Waals surface area (Å²) in [5.41, 5.74) is 1.57. The number of carboxylic acids is 1. The van der Waals surface area contributed by atoms with E-state index in [-0.39, 0.29) is 23.3 Å². The highest BCUT2D eigenvalue weighted by molar-refractivity contribution is 5.94. The Hall–Kier alpha value is -2.86. The lowest BCUT2D eigenvalue weighted by Gasteiger charge is -2.37. The maximum atomic E-state index is 12.8. The van der Waals surface area contributed by atoms with Crippen LogP contribution in [0.1, 0.15) is 60.9 Å². The van der Waals surface area contributed by atoms with Crippen LogP contribution in [-0.2, 0) is 4.79 Å². The third-order valence-corrected chi connectivity index (χ3v) is 6.02. The maximum absolute atomic E-state index is 12.8. The van der Waals surface area contributed by atoms with Gasteiger partial charge < -0.3 is 20.3 Å². The number of rotatable bonds is 7. The molecule has 0 aromatic heterocycles. The first-order chi connectivity index (χ1) is 14.8. The first kappa shape index (κ1) is 22.8. The highest BCUT2D eigenvalue weighted by atomic mass is 16.5. The number of carbonyl (C=O) groups excluding carboxylic acids is 1. The lowest BCUT2D eigenvalue weighted by Crippen LogP contribution is -2.38. The molecule has 1 aliphatic carbocycles. The van der Waals surface area contributed by atoms with Crippen LogP contribution >= 0.6 is 0 Å². The number of benzene rings is 2. The molecular weight excluding hydrogens is 394 g/mol. The monoisotopic (exact) mass is 425 g/mol. The quantitative estimate of drug-likeness (QED) is 0.623. The largest absolute Gasteiger partial charge is 0.482 e. The van der Waals surface area contributed by atoms with Gasteiger partial charge in [0.25, 0.3) is 5.91 Å². The standard InChI is InChI=1S/C25H31NO5/c1-25(12-6-10-21(27)13-20(15-25)18-7-3-2-4-8-18)17-26-24(30)19-9-5-11-22(14-19)31-16-23(28)29/h2-5,7-9,11,14,20-21,27H,6,10,12-13,15-17H2,1H3,(H,26,30)(H,28,29)/t20-,21+,25+/m0/s1. The van der Waals surface area contributed by atoms with E-state index in [4.69, 9.17) is 9.84 Å². The summed E-state index contributed by atoms with van der Waals surface area (Å²) in [6.07, 6.45) is 3.95. The molecule has 31 heavy (non-hydrogen) atoms. The highest BCUT2D eigenvalue weighted by Crippen LogP contribution is 2.40. The van der Waals surface area contributed by atoms with Crippen molar-refractivity contribution in [3.8, 4) is 5.75 Å². The van der Waals surface area contributed by atoms with Crippen molar-refractivity contribution >= 4 is 11.9 Å². The van der Waals surface area contributed by atoms with Crippen molar-refractivity contribution in [3.63, 3.8) is 0 Å². The second kappa shape index (κ2) is 10.4. The molecular formula is C25H31NO5. The molecule has 1 aliphatic rings. The SMILES string of the molecule is C[C@@]1(CNC(=O)c2cccc(OCC(=O)O)c2)CCC[C@@H](O)C[C@H](c2ccccc2)C1. The minimum absolute atomic E-state index is 0.0896. The van der Waals surface area contributed by atoms with Crippen LogP contribution in [0.4, 0.5) is 0 Å². The van der Waals surface area contributed by atoms with Gasteiger partial charge in [-0.1, -0.05) is 49.7 Å². The van der Waals surface area contributed by atoms with Crippen LogP contribution in [0.5, 0.6) is 5.75 Å². The van der Waals surface area contributed by atoms with Gasteiger partial charge in [-0.2, -0.15) is 0 Å². The smallest absolute Gasteiger partial charge is 0.341 e.